The average Bonchev–Trinajstić information content (AvgIpc) is 3.34. The van der Waals surface area contributed by atoms with E-state index in [4.69, 9.17) is 5.73 Å². The fraction of sp³-hybridized carbons (Fsp3) is 0.167. The van der Waals surface area contributed by atoms with Crippen LogP contribution in [0.25, 0.3) is 22.6 Å². The molecule has 0 saturated carbocycles. The molecular weight excluding hydrogens is 437 g/mol. The number of H-pyrrole nitrogens is 1. The maximum Gasteiger partial charge on any atom is 0.274 e. The molecule has 10 heteroatoms. The summed E-state index contributed by atoms with van der Waals surface area (Å²) in [6.45, 7) is -0.0545. The van der Waals surface area contributed by atoms with Gasteiger partial charge in [-0.1, -0.05) is 12.1 Å². The number of rotatable bonds is 6. The van der Waals surface area contributed by atoms with Crippen LogP contribution in [0.4, 0.5) is 15.9 Å². The van der Waals surface area contributed by atoms with Crippen LogP contribution in [0.15, 0.2) is 59.7 Å². The zero-order valence-corrected chi connectivity index (χ0v) is 19.0. The van der Waals surface area contributed by atoms with Gasteiger partial charge in [0.2, 0.25) is 5.56 Å². The number of hydrogen-bond acceptors (Lipinski definition) is 6. The van der Waals surface area contributed by atoms with Gasteiger partial charge in [0.15, 0.2) is 17.3 Å². The van der Waals surface area contributed by atoms with Crippen LogP contribution in [-0.2, 0) is 13.6 Å². The number of halogens is 1. The molecule has 4 aromatic rings. The molecule has 4 N–H and O–H groups in total. The number of aryl methyl sites for hydroxylation is 1. The summed E-state index contributed by atoms with van der Waals surface area (Å²) in [5, 5.41) is 2.67. The molecule has 0 unspecified atom stereocenters. The third kappa shape index (κ3) is 4.38. The lowest BCUT2D eigenvalue weighted by Crippen LogP contribution is -2.26. The smallest absolute Gasteiger partial charge is 0.274 e. The van der Waals surface area contributed by atoms with Gasteiger partial charge in [0.05, 0.1) is 11.4 Å². The quantitative estimate of drug-likeness (QED) is 0.406. The van der Waals surface area contributed by atoms with Gasteiger partial charge in [-0.3, -0.25) is 9.59 Å². The van der Waals surface area contributed by atoms with Crippen molar-refractivity contribution in [2.75, 3.05) is 24.7 Å². The fourth-order valence-corrected chi connectivity index (χ4v) is 3.52. The molecule has 0 aliphatic heterocycles. The van der Waals surface area contributed by atoms with Crippen molar-refractivity contribution in [3.63, 3.8) is 0 Å². The monoisotopic (exact) mass is 461 g/mol. The topological polar surface area (TPSA) is 122 Å². The van der Waals surface area contributed by atoms with Crippen molar-refractivity contribution in [3.05, 3.63) is 82.3 Å². The minimum atomic E-state index is -0.594. The van der Waals surface area contributed by atoms with Gasteiger partial charge in [0.1, 0.15) is 11.4 Å². The lowest BCUT2D eigenvalue weighted by molar-refractivity contribution is 0.0946. The van der Waals surface area contributed by atoms with E-state index in [2.05, 4.69) is 20.3 Å². The molecule has 9 nitrogen and oxygen atoms in total. The molecule has 0 bridgehead atoms. The van der Waals surface area contributed by atoms with Gasteiger partial charge in [-0.05, 0) is 24.3 Å². The lowest BCUT2D eigenvalue weighted by Gasteiger charge is -2.16. The summed E-state index contributed by atoms with van der Waals surface area (Å²) < 4.78 is 16.2. The number of carbonyl (C=O) groups excluding carboxylic acids is 1. The third-order valence-corrected chi connectivity index (χ3v) is 5.33. The molecule has 1 aromatic carbocycles. The molecule has 0 aliphatic rings. The van der Waals surface area contributed by atoms with Crippen molar-refractivity contribution in [2.45, 2.75) is 6.54 Å². The Morgan fingerprint density at radius 2 is 1.94 bits per heavy atom. The Bertz CT molecular complexity index is 1410. The average molecular weight is 462 g/mol. The normalized spacial score (nSPS) is 10.8. The van der Waals surface area contributed by atoms with E-state index in [1.807, 2.05) is 0 Å². The first-order valence-corrected chi connectivity index (χ1v) is 10.5. The van der Waals surface area contributed by atoms with E-state index in [1.54, 1.807) is 74.8 Å². The summed E-state index contributed by atoms with van der Waals surface area (Å²) in [5.74, 6) is -1.08. The summed E-state index contributed by atoms with van der Waals surface area (Å²) in [6, 6.07) is 11.6. The number of nitrogens with one attached hydrogen (secondary N) is 2. The highest BCUT2D eigenvalue weighted by molar-refractivity contribution is 5.97. The number of hydrogen-bond donors (Lipinski definition) is 3. The maximum atomic E-state index is 14.7. The van der Waals surface area contributed by atoms with E-state index in [-0.39, 0.29) is 23.6 Å². The third-order valence-electron chi connectivity index (χ3n) is 5.33. The molecule has 0 atom stereocenters. The SMILES string of the molecule is CN(C)c1cccc(CNC(=O)c2nc(-c3ccc(=O)n(C)c3)c(-c3ccc[nH]3)nc2N)c1F. The van der Waals surface area contributed by atoms with E-state index in [9.17, 15) is 14.0 Å². The molecule has 1 amide bonds. The minimum absolute atomic E-state index is 0.0545. The molecule has 3 aromatic heterocycles. The summed E-state index contributed by atoms with van der Waals surface area (Å²) >= 11 is 0. The second-order valence-corrected chi connectivity index (χ2v) is 7.93. The number of carbonyl (C=O) groups is 1. The van der Waals surface area contributed by atoms with Crippen molar-refractivity contribution in [3.8, 4) is 22.6 Å². The summed E-state index contributed by atoms with van der Waals surface area (Å²) in [6.07, 6.45) is 3.34. The van der Waals surface area contributed by atoms with Gasteiger partial charge in [-0.15, -0.1) is 0 Å². The number of anilines is 2. The Morgan fingerprint density at radius 3 is 2.62 bits per heavy atom. The van der Waals surface area contributed by atoms with E-state index in [1.165, 1.54) is 10.6 Å². The summed E-state index contributed by atoms with van der Waals surface area (Å²) in [4.78, 5) is 38.5. The highest BCUT2D eigenvalue weighted by Gasteiger charge is 2.21. The molecule has 3 heterocycles. The molecule has 0 radical (unpaired) electrons. The minimum Gasteiger partial charge on any atom is -0.382 e. The van der Waals surface area contributed by atoms with Crippen LogP contribution in [-0.4, -0.2) is 39.5 Å². The van der Waals surface area contributed by atoms with Gasteiger partial charge < -0.3 is 25.5 Å². The van der Waals surface area contributed by atoms with Crippen molar-refractivity contribution in [2.24, 2.45) is 7.05 Å². The number of aromatic amines is 1. The fourth-order valence-electron chi connectivity index (χ4n) is 3.52. The van der Waals surface area contributed by atoms with Crippen LogP contribution < -0.4 is 21.5 Å². The highest BCUT2D eigenvalue weighted by atomic mass is 19.1. The van der Waals surface area contributed by atoms with E-state index in [0.717, 1.165) is 0 Å². The van der Waals surface area contributed by atoms with Crippen molar-refractivity contribution < 1.29 is 9.18 Å². The molecule has 0 aliphatic carbocycles. The van der Waals surface area contributed by atoms with E-state index >= 15 is 0 Å². The number of nitrogens with zero attached hydrogens (tertiary/aromatic N) is 4. The second kappa shape index (κ2) is 9.18. The van der Waals surface area contributed by atoms with Crippen LogP contribution in [0.5, 0.6) is 0 Å². The second-order valence-electron chi connectivity index (χ2n) is 7.93. The first kappa shape index (κ1) is 22.7. The first-order valence-electron chi connectivity index (χ1n) is 10.5. The Balaban J connectivity index is 1.71. The van der Waals surface area contributed by atoms with Gasteiger partial charge in [0, 0.05) is 57.3 Å². The number of benzene rings is 1. The number of nitrogens with two attached hydrogens (primary N) is 1. The van der Waals surface area contributed by atoms with E-state index < -0.39 is 11.7 Å². The van der Waals surface area contributed by atoms with Crippen LogP contribution in [0.2, 0.25) is 0 Å². The Kier molecular flexibility index (Phi) is 6.13. The molecule has 0 fully saturated rings. The van der Waals surface area contributed by atoms with Gasteiger partial charge in [0.25, 0.3) is 5.91 Å². The van der Waals surface area contributed by atoms with Crippen molar-refractivity contribution >= 4 is 17.4 Å². The lowest BCUT2D eigenvalue weighted by atomic mass is 10.1. The molecule has 174 valence electrons. The zero-order chi connectivity index (χ0) is 24.4. The molecule has 34 heavy (non-hydrogen) atoms. The number of amides is 1. The Labute approximate surface area is 195 Å². The first-order chi connectivity index (χ1) is 16.3. The van der Waals surface area contributed by atoms with Gasteiger partial charge in [-0.2, -0.15) is 0 Å². The van der Waals surface area contributed by atoms with E-state index in [0.29, 0.717) is 33.9 Å². The van der Waals surface area contributed by atoms with Crippen LogP contribution in [0.3, 0.4) is 0 Å². The maximum absolute atomic E-state index is 14.7. The van der Waals surface area contributed by atoms with Crippen molar-refractivity contribution in [1.82, 2.24) is 24.8 Å². The predicted octanol–water partition coefficient (Wildman–Crippen LogP) is 2.55. The molecular formula is C24H24FN7O2. The van der Waals surface area contributed by atoms with Crippen LogP contribution in [0.1, 0.15) is 16.1 Å². The Hall–Kier alpha value is -4.47. The standard InChI is InChI=1S/C24H24FN7O2/c1-31(2)17-8-4-6-14(19(17)25)12-28-24(34)22-23(26)30-21(16-7-5-11-27-16)20(29-22)15-9-10-18(33)32(3)13-15/h4-11,13,27H,12H2,1-3H3,(H2,26,30)(H,28,34). The largest absolute Gasteiger partial charge is 0.382 e. The Morgan fingerprint density at radius 1 is 1.15 bits per heavy atom. The summed E-state index contributed by atoms with van der Waals surface area (Å²) in [7, 11) is 5.10. The van der Waals surface area contributed by atoms with Crippen LogP contribution in [0, 0.1) is 5.82 Å². The van der Waals surface area contributed by atoms with Crippen molar-refractivity contribution in [1.29, 1.82) is 0 Å². The zero-order valence-electron chi connectivity index (χ0n) is 19.0. The highest BCUT2D eigenvalue weighted by Crippen LogP contribution is 2.29. The number of aromatic nitrogens is 4. The van der Waals surface area contributed by atoms with Gasteiger partial charge in [-0.25, -0.2) is 14.4 Å². The summed E-state index contributed by atoms with van der Waals surface area (Å²) in [5.41, 5.74) is 8.61. The number of nitrogen functional groups attached to an aromatic ring is 1. The molecule has 0 saturated heterocycles. The van der Waals surface area contributed by atoms with Gasteiger partial charge >= 0.3 is 0 Å². The molecule has 0 spiro atoms. The number of pyridine rings is 1. The predicted molar refractivity (Wildman–Crippen MR) is 129 cm³/mol. The van der Waals surface area contributed by atoms with Crippen LogP contribution >= 0.6 is 0 Å². The molecule has 4 rings (SSSR count).